The Morgan fingerprint density at radius 2 is 1.25 bits per heavy atom. The highest BCUT2D eigenvalue weighted by molar-refractivity contribution is 5.99. The molecule has 2 heterocycles. The Labute approximate surface area is 702 Å². The number of nitrogens with two attached hydrogens (primary N) is 3. The van der Waals surface area contributed by atoms with E-state index in [-0.39, 0.29) is 119 Å². The van der Waals surface area contributed by atoms with Gasteiger partial charge < -0.3 is 99.0 Å². The van der Waals surface area contributed by atoms with Crippen molar-refractivity contribution >= 4 is 77.0 Å². The van der Waals surface area contributed by atoms with Crippen LogP contribution in [0.25, 0.3) is 0 Å². The van der Waals surface area contributed by atoms with E-state index in [4.69, 9.17) is 21.9 Å². The van der Waals surface area contributed by atoms with Gasteiger partial charge in [-0.05, 0) is 178 Å². The third-order valence-corrected chi connectivity index (χ3v) is 22.8. The van der Waals surface area contributed by atoms with Gasteiger partial charge in [0.05, 0.1) is 42.8 Å². The van der Waals surface area contributed by atoms with E-state index >= 15 is 14.4 Å². The Bertz CT molecular complexity index is 3620. The van der Waals surface area contributed by atoms with Gasteiger partial charge in [-0.3, -0.25) is 62.5 Å². The number of aliphatic hydroxyl groups is 4. The van der Waals surface area contributed by atoms with E-state index in [1.807, 2.05) is 93.5 Å². The fourth-order valence-electron chi connectivity index (χ4n) is 15.8. The van der Waals surface area contributed by atoms with E-state index in [9.17, 15) is 68.7 Å². The Balaban J connectivity index is 1.45. The standard InChI is InChI=1S/C87H140N14O18/c1-11-13-14-15-25-38-73(105)100-46-28-34-59(53-100)78(110)94-66(49-58-32-22-19-23-33-58)81(113)93-65(37-29-45-98(8)9)79(111)96-68(47-55(3)4)84(116)101-54-61(119-75(108)39-26-17-16-24-35-62-63(72(104)52-71(62)103)43-42-60(102)41-40-57-30-20-18-21-31-57)50-70(101)85(117)99(10)69(48-56(5)6)83(115)95-67(51-74(106)107)82(114)92-64(36-27-44-91-86(89)90)80(112)97-76(77(88)109)87(7,118)12-2/h16,18-24,30-33,55-56,59-72,76,102-104,118H,11-15,17,25-29,34-54H2,1-10H3,(H2,88,109)(H,92,114)(H,93,113)(H,94,110)(H,95,115)(H,96,111)(H,97,112)(H,106,107)(H4,89,90,91). The quantitative estimate of drug-likeness (QED) is 0.0147. The van der Waals surface area contributed by atoms with Crippen LogP contribution in [0.15, 0.2) is 77.8 Å². The van der Waals surface area contributed by atoms with Crippen LogP contribution in [0.5, 0.6) is 0 Å². The molecule has 1 saturated carbocycles. The summed E-state index contributed by atoms with van der Waals surface area (Å²) in [7, 11) is 4.97. The number of hydrogen-bond acceptors (Lipinski definition) is 19. The minimum Gasteiger partial charge on any atom is -0.481 e. The second-order valence-electron chi connectivity index (χ2n) is 34.0. The number of ether oxygens (including phenoxy) is 1. The number of guanidine groups is 1. The molecular weight excluding hydrogens is 1530 g/mol. The number of carbonyl (C=O) groups is 12. The van der Waals surface area contributed by atoms with Crippen molar-refractivity contribution in [2.24, 2.45) is 51.8 Å². The second kappa shape index (κ2) is 51.5. The minimum absolute atomic E-state index is 0.0185. The lowest BCUT2D eigenvalue weighted by atomic mass is 9.85. The van der Waals surface area contributed by atoms with Crippen molar-refractivity contribution in [2.75, 3.05) is 53.9 Å². The third kappa shape index (κ3) is 34.9. The van der Waals surface area contributed by atoms with Crippen molar-refractivity contribution in [1.82, 2.24) is 51.5 Å². The summed E-state index contributed by atoms with van der Waals surface area (Å²) in [5.41, 5.74) is 16.6. The maximum atomic E-state index is 15.8. The number of likely N-dealkylation sites (N-methyl/N-ethyl adjacent to an activating group) is 1. The number of nitrogens with one attached hydrogen (secondary N) is 6. The Kier molecular flexibility index (Phi) is 43.5. The molecule has 2 aromatic rings. The predicted molar refractivity (Wildman–Crippen MR) is 451 cm³/mol. The van der Waals surface area contributed by atoms with E-state index in [1.165, 1.54) is 25.8 Å². The summed E-state index contributed by atoms with van der Waals surface area (Å²) in [6, 6.07) is 6.80. The van der Waals surface area contributed by atoms with Gasteiger partial charge >= 0.3 is 11.9 Å². The molecule has 0 bridgehead atoms. The summed E-state index contributed by atoms with van der Waals surface area (Å²) in [4.78, 5) is 182. The molecule has 0 spiro atoms. The van der Waals surface area contributed by atoms with Crippen LogP contribution in [0.3, 0.4) is 0 Å². The van der Waals surface area contributed by atoms with Crippen molar-refractivity contribution in [3.8, 4) is 0 Å². The molecule has 32 heteroatoms. The van der Waals surface area contributed by atoms with Crippen LogP contribution < -0.4 is 49.1 Å². The van der Waals surface area contributed by atoms with Crippen LogP contribution in [0.2, 0.25) is 0 Å². The summed E-state index contributed by atoms with van der Waals surface area (Å²) >= 11 is 0. The number of hydrogen-bond donors (Lipinski definition) is 14. The molecule has 10 amide bonds. The summed E-state index contributed by atoms with van der Waals surface area (Å²) in [6.07, 6.45) is 9.15. The number of aliphatic imine (C=N–C) groups is 1. The van der Waals surface area contributed by atoms with E-state index in [0.717, 1.165) is 42.6 Å². The van der Waals surface area contributed by atoms with Crippen molar-refractivity contribution in [3.63, 3.8) is 0 Å². The fourth-order valence-corrected chi connectivity index (χ4v) is 15.8. The average molecular weight is 1670 g/mol. The number of esters is 1. The number of nitrogens with zero attached hydrogens (tertiary/aromatic N) is 5. The molecule has 3 fully saturated rings. The van der Waals surface area contributed by atoms with Gasteiger partial charge in [-0.1, -0.05) is 140 Å². The molecule has 0 radical (unpaired) electrons. The lowest BCUT2D eigenvalue weighted by Gasteiger charge is -2.35. The van der Waals surface area contributed by atoms with Gasteiger partial charge in [0.15, 0.2) is 5.96 Å². The number of piperidine rings is 1. The van der Waals surface area contributed by atoms with Crippen LogP contribution >= 0.6 is 0 Å². The van der Waals surface area contributed by atoms with E-state index in [0.29, 0.717) is 89.3 Å². The lowest BCUT2D eigenvalue weighted by molar-refractivity contribution is -0.150. The van der Waals surface area contributed by atoms with Crippen LogP contribution in [0.4, 0.5) is 0 Å². The number of allylic oxidation sites excluding steroid dienone is 2. The SMILES string of the molecule is CCCCCCCC(=O)N1CCCC(C(=O)NC(Cc2ccccc2)C(=O)NC(CCCN(C)C)C(=O)NC(CC(C)C)C(=O)N2CC(OC(=O)CCCC=CCC3C(O)CC(O)C3CCC(O)CCc3ccccc3)CC2C(=O)N(C)C(CC(C)C)C(=O)NC(CC(=O)O)C(=O)NC(CCCN=C(N)N)C(=O)NC(C(N)=O)C(C)(O)CC)C1. The molecule has 16 atom stereocenters. The molecule has 119 heavy (non-hydrogen) atoms. The number of primary amides is 1. The number of carboxylic acids is 1. The molecule has 16 unspecified atom stereocenters. The first kappa shape index (κ1) is 100. The zero-order valence-corrected chi connectivity index (χ0v) is 71.9. The topological polar surface area (TPSA) is 491 Å². The van der Waals surface area contributed by atoms with Gasteiger partial charge in [-0.25, -0.2) is 0 Å². The number of carboxylic acid groups (broad SMARTS) is 1. The van der Waals surface area contributed by atoms with Crippen LogP contribution in [-0.4, -0.2) is 254 Å². The first-order valence-corrected chi connectivity index (χ1v) is 43.0. The number of aliphatic carboxylic acids is 1. The van der Waals surface area contributed by atoms with Gasteiger partial charge in [0.1, 0.15) is 54.4 Å². The van der Waals surface area contributed by atoms with Crippen molar-refractivity contribution in [1.29, 1.82) is 0 Å². The van der Waals surface area contributed by atoms with E-state index in [2.05, 4.69) is 43.8 Å². The molecular formula is C87H140N14O18. The molecule has 17 N–H and O–H groups in total. The number of unbranched alkanes of at least 4 members (excludes halogenated alkanes) is 5. The molecule has 32 nitrogen and oxygen atoms in total. The highest BCUT2D eigenvalue weighted by Crippen LogP contribution is 2.39. The minimum atomic E-state index is -1.93. The van der Waals surface area contributed by atoms with Gasteiger partial charge in [-0.2, -0.15) is 0 Å². The monoisotopic (exact) mass is 1670 g/mol. The molecule has 1 aliphatic carbocycles. The molecule has 0 aromatic heterocycles. The summed E-state index contributed by atoms with van der Waals surface area (Å²) in [5.74, 6) is -12.2. The maximum absolute atomic E-state index is 15.8. The van der Waals surface area contributed by atoms with Gasteiger partial charge in [0.2, 0.25) is 59.1 Å². The zero-order valence-electron chi connectivity index (χ0n) is 71.9. The van der Waals surface area contributed by atoms with Crippen LogP contribution in [-0.2, 0) is 75.1 Å². The zero-order chi connectivity index (χ0) is 88.1. The molecule has 2 saturated heterocycles. The lowest BCUT2D eigenvalue weighted by Crippen LogP contribution is -2.62. The molecule has 3 aliphatic rings. The molecule has 666 valence electrons. The van der Waals surface area contributed by atoms with Gasteiger partial charge in [0, 0.05) is 52.4 Å². The van der Waals surface area contributed by atoms with Crippen LogP contribution in [0, 0.1) is 29.6 Å². The molecule has 2 aromatic carbocycles. The number of likely N-dealkylation sites (tertiary alicyclic amines) is 2. The molecule has 5 rings (SSSR count). The van der Waals surface area contributed by atoms with Crippen molar-refractivity contribution in [2.45, 2.75) is 300 Å². The fraction of sp³-hybridized carbons (Fsp3) is 0.690. The largest absolute Gasteiger partial charge is 0.481 e. The third-order valence-electron chi connectivity index (χ3n) is 22.8. The second-order valence-corrected chi connectivity index (χ2v) is 34.0. The Hall–Kier alpha value is -9.11. The predicted octanol–water partition coefficient (Wildman–Crippen LogP) is 3.93. The number of aliphatic hydroxyl groups excluding tert-OH is 3. The van der Waals surface area contributed by atoms with E-state index in [1.54, 1.807) is 30.9 Å². The van der Waals surface area contributed by atoms with E-state index < -0.39 is 156 Å². The number of aryl methyl sites for hydroxylation is 1. The van der Waals surface area contributed by atoms with Crippen molar-refractivity contribution in [3.05, 3.63) is 83.9 Å². The first-order chi connectivity index (χ1) is 56.4. The first-order valence-electron chi connectivity index (χ1n) is 43.0. The van der Waals surface area contributed by atoms with Crippen molar-refractivity contribution < 1.29 is 87.8 Å². The normalized spacial score (nSPS) is 20.5. The Morgan fingerprint density at radius 1 is 0.655 bits per heavy atom. The van der Waals surface area contributed by atoms with Gasteiger partial charge in [-0.15, -0.1) is 0 Å². The average Bonchev–Trinajstić information content (AvgIpc) is 1.67. The molecule has 2 aliphatic heterocycles. The number of rotatable bonds is 53. The highest BCUT2D eigenvalue weighted by atomic mass is 16.5. The van der Waals surface area contributed by atoms with Crippen LogP contribution in [0.1, 0.15) is 220 Å². The Morgan fingerprint density at radius 3 is 1.87 bits per heavy atom. The van der Waals surface area contributed by atoms with Gasteiger partial charge in [0.25, 0.3) is 0 Å². The number of benzene rings is 2. The number of carbonyl (C=O) groups excluding carboxylic acids is 11. The summed E-state index contributed by atoms with van der Waals surface area (Å²) < 4.78 is 6.10. The summed E-state index contributed by atoms with van der Waals surface area (Å²) in [6.45, 7) is 12.8. The maximum Gasteiger partial charge on any atom is 0.306 e. The number of amides is 10. The summed E-state index contributed by atoms with van der Waals surface area (Å²) in [5, 5.41) is 70.3. The smallest absolute Gasteiger partial charge is 0.306 e. The highest BCUT2D eigenvalue weighted by Gasteiger charge is 2.48.